The van der Waals surface area contributed by atoms with Crippen molar-refractivity contribution in [1.82, 2.24) is 10.6 Å². The lowest BCUT2D eigenvalue weighted by Gasteiger charge is -2.22. The number of carbonyl (C=O) groups is 2. The minimum absolute atomic E-state index is 0. The van der Waals surface area contributed by atoms with Gasteiger partial charge in [0.25, 0.3) is 5.91 Å². The molecule has 1 aromatic rings. The summed E-state index contributed by atoms with van der Waals surface area (Å²) in [5.74, 6) is 1.89. The average molecular weight is 372 g/mol. The van der Waals surface area contributed by atoms with E-state index >= 15 is 0 Å². The molecule has 0 aromatic heterocycles. The summed E-state index contributed by atoms with van der Waals surface area (Å²) in [7, 11) is 0. The van der Waals surface area contributed by atoms with Gasteiger partial charge in [-0.3, -0.25) is 9.59 Å². The number of thioether (sulfide) groups is 1. The lowest BCUT2D eigenvalue weighted by atomic mass is 10.1. The molecule has 1 aromatic carbocycles. The van der Waals surface area contributed by atoms with Gasteiger partial charge < -0.3 is 16.0 Å². The Morgan fingerprint density at radius 1 is 1.33 bits per heavy atom. The minimum atomic E-state index is -0.291. The smallest absolute Gasteiger partial charge is 0.251 e. The molecular weight excluding hydrogens is 346 g/mol. The third kappa shape index (κ3) is 7.11. The maximum absolute atomic E-state index is 12.2. The maximum Gasteiger partial charge on any atom is 0.251 e. The topological polar surface area (TPSA) is 70.2 Å². The fraction of sp³-hybridized carbons (Fsp3) is 0.529. The Morgan fingerprint density at radius 2 is 2.08 bits per heavy atom. The van der Waals surface area contributed by atoms with Gasteiger partial charge in [-0.2, -0.15) is 11.8 Å². The summed E-state index contributed by atoms with van der Waals surface area (Å²) in [5.41, 5.74) is 0.907. The Balaban J connectivity index is 0.00000288. The summed E-state index contributed by atoms with van der Waals surface area (Å²) in [6.07, 6.45) is 0.450. The van der Waals surface area contributed by atoms with E-state index in [2.05, 4.69) is 16.0 Å². The van der Waals surface area contributed by atoms with Gasteiger partial charge in [-0.25, -0.2) is 0 Å². The van der Waals surface area contributed by atoms with Crippen molar-refractivity contribution in [2.75, 3.05) is 23.4 Å². The van der Waals surface area contributed by atoms with Crippen molar-refractivity contribution >= 4 is 41.7 Å². The van der Waals surface area contributed by atoms with Gasteiger partial charge in [0, 0.05) is 47.3 Å². The van der Waals surface area contributed by atoms with E-state index in [4.69, 9.17) is 0 Å². The van der Waals surface area contributed by atoms with Gasteiger partial charge in [0.1, 0.15) is 0 Å². The normalized spacial score (nSPS) is 17.5. The monoisotopic (exact) mass is 371 g/mol. The van der Waals surface area contributed by atoms with E-state index in [1.807, 2.05) is 32.5 Å². The van der Waals surface area contributed by atoms with Crippen LogP contribution >= 0.6 is 24.2 Å². The quantitative estimate of drug-likeness (QED) is 0.761. The van der Waals surface area contributed by atoms with Crippen molar-refractivity contribution in [2.45, 2.75) is 38.8 Å². The molecule has 0 radical (unpaired) electrons. The molecule has 1 aliphatic rings. The molecule has 0 bridgehead atoms. The van der Waals surface area contributed by atoms with E-state index in [9.17, 15) is 9.59 Å². The van der Waals surface area contributed by atoms with Crippen LogP contribution in [0.2, 0.25) is 0 Å². The fourth-order valence-corrected chi connectivity index (χ4v) is 3.29. The van der Waals surface area contributed by atoms with Gasteiger partial charge in [-0.15, -0.1) is 12.4 Å². The molecule has 24 heavy (non-hydrogen) atoms. The first-order chi connectivity index (χ1) is 10.8. The van der Waals surface area contributed by atoms with E-state index in [0.717, 1.165) is 18.1 Å². The summed E-state index contributed by atoms with van der Waals surface area (Å²) < 4.78 is 0. The van der Waals surface area contributed by atoms with Crippen molar-refractivity contribution in [1.29, 1.82) is 0 Å². The zero-order valence-electron chi connectivity index (χ0n) is 14.3. The SMILES string of the molecule is CC(C)(C)NC(=O)c1cccc(NC(=O)CC2CSCCN2)c1.Cl. The van der Waals surface area contributed by atoms with Crippen LogP contribution in [0.15, 0.2) is 24.3 Å². The van der Waals surface area contributed by atoms with Crippen molar-refractivity contribution < 1.29 is 9.59 Å². The standard InChI is InChI=1S/C17H25N3O2S.ClH/c1-17(2,3)20-16(22)12-5-4-6-13(9-12)19-15(21)10-14-11-23-8-7-18-14;/h4-6,9,14,18H,7-8,10-11H2,1-3H3,(H,19,21)(H,20,22);1H. The molecule has 0 aliphatic carbocycles. The van der Waals surface area contributed by atoms with Crippen LogP contribution < -0.4 is 16.0 Å². The van der Waals surface area contributed by atoms with Crippen LogP contribution in [0.5, 0.6) is 0 Å². The number of halogens is 1. The third-order valence-corrected chi connectivity index (χ3v) is 4.46. The minimum Gasteiger partial charge on any atom is -0.347 e. The molecule has 2 amide bonds. The Morgan fingerprint density at radius 3 is 2.71 bits per heavy atom. The first kappa shape index (κ1) is 20.8. The molecular formula is C17H26ClN3O2S. The summed E-state index contributed by atoms with van der Waals surface area (Å²) in [6, 6.07) is 7.26. The molecule has 2 rings (SSSR count). The Bertz CT molecular complexity index is 569. The molecule has 0 saturated carbocycles. The zero-order valence-corrected chi connectivity index (χ0v) is 16.0. The van der Waals surface area contributed by atoms with Crippen molar-refractivity contribution in [3.05, 3.63) is 29.8 Å². The van der Waals surface area contributed by atoms with Crippen LogP contribution in [-0.2, 0) is 4.79 Å². The number of carbonyl (C=O) groups excluding carboxylic acids is 2. The molecule has 1 unspecified atom stereocenters. The van der Waals surface area contributed by atoms with Crippen LogP contribution in [0.4, 0.5) is 5.69 Å². The molecule has 1 saturated heterocycles. The highest BCUT2D eigenvalue weighted by molar-refractivity contribution is 7.99. The number of amides is 2. The number of hydrogen-bond donors (Lipinski definition) is 3. The van der Waals surface area contributed by atoms with Crippen molar-refractivity contribution in [3.8, 4) is 0 Å². The molecule has 5 nitrogen and oxygen atoms in total. The van der Waals surface area contributed by atoms with Gasteiger partial charge in [-0.05, 0) is 39.0 Å². The number of rotatable bonds is 4. The zero-order chi connectivity index (χ0) is 16.9. The number of benzene rings is 1. The Kier molecular flexibility index (Phi) is 8.06. The number of anilines is 1. The number of nitrogens with one attached hydrogen (secondary N) is 3. The van der Waals surface area contributed by atoms with Crippen LogP contribution in [-0.4, -0.2) is 41.4 Å². The largest absolute Gasteiger partial charge is 0.347 e. The van der Waals surface area contributed by atoms with Gasteiger partial charge >= 0.3 is 0 Å². The van der Waals surface area contributed by atoms with Gasteiger partial charge in [-0.1, -0.05) is 6.07 Å². The second kappa shape index (κ2) is 9.30. The van der Waals surface area contributed by atoms with Crippen molar-refractivity contribution in [3.63, 3.8) is 0 Å². The maximum atomic E-state index is 12.2. The summed E-state index contributed by atoms with van der Waals surface area (Å²) in [6.45, 7) is 6.76. The first-order valence-electron chi connectivity index (χ1n) is 7.87. The predicted molar refractivity (Wildman–Crippen MR) is 103 cm³/mol. The highest BCUT2D eigenvalue weighted by Gasteiger charge is 2.18. The fourth-order valence-electron chi connectivity index (χ4n) is 2.34. The molecule has 1 aliphatic heterocycles. The van der Waals surface area contributed by atoms with E-state index in [1.54, 1.807) is 24.3 Å². The molecule has 3 N–H and O–H groups in total. The Labute approximate surface area is 154 Å². The summed E-state index contributed by atoms with van der Waals surface area (Å²) in [4.78, 5) is 24.3. The lowest BCUT2D eigenvalue weighted by molar-refractivity contribution is -0.116. The van der Waals surface area contributed by atoms with Crippen molar-refractivity contribution in [2.24, 2.45) is 0 Å². The predicted octanol–water partition coefficient (Wildman–Crippen LogP) is 2.67. The molecule has 1 fully saturated rings. The van der Waals surface area contributed by atoms with Crippen LogP contribution in [0, 0.1) is 0 Å². The summed E-state index contributed by atoms with van der Waals surface area (Å²) in [5, 5.41) is 9.14. The van der Waals surface area contributed by atoms with E-state index in [-0.39, 0.29) is 35.8 Å². The second-order valence-electron chi connectivity index (χ2n) is 6.76. The molecule has 1 heterocycles. The highest BCUT2D eigenvalue weighted by atomic mass is 35.5. The molecule has 7 heteroatoms. The molecule has 134 valence electrons. The second-order valence-corrected chi connectivity index (χ2v) is 7.91. The third-order valence-electron chi connectivity index (χ3n) is 3.33. The van der Waals surface area contributed by atoms with Crippen LogP contribution in [0.25, 0.3) is 0 Å². The van der Waals surface area contributed by atoms with Gasteiger partial charge in [0.2, 0.25) is 5.91 Å². The van der Waals surface area contributed by atoms with Gasteiger partial charge in [0.05, 0.1) is 0 Å². The van der Waals surface area contributed by atoms with Crippen LogP contribution in [0.1, 0.15) is 37.6 Å². The van der Waals surface area contributed by atoms with Crippen LogP contribution in [0.3, 0.4) is 0 Å². The lowest BCUT2D eigenvalue weighted by Crippen LogP contribution is -2.40. The molecule has 1 atom stereocenters. The summed E-state index contributed by atoms with van der Waals surface area (Å²) >= 11 is 1.87. The van der Waals surface area contributed by atoms with E-state index in [0.29, 0.717) is 17.7 Å². The first-order valence-corrected chi connectivity index (χ1v) is 9.02. The highest BCUT2D eigenvalue weighted by Crippen LogP contribution is 2.14. The number of hydrogen-bond acceptors (Lipinski definition) is 4. The van der Waals surface area contributed by atoms with E-state index < -0.39 is 0 Å². The molecule has 0 spiro atoms. The average Bonchev–Trinajstić information content (AvgIpc) is 2.46. The Hall–Kier alpha value is -1.24. The van der Waals surface area contributed by atoms with E-state index in [1.165, 1.54) is 0 Å². The van der Waals surface area contributed by atoms with Gasteiger partial charge in [0.15, 0.2) is 0 Å².